The van der Waals surface area contributed by atoms with Crippen LogP contribution < -0.4 is 4.72 Å². The minimum absolute atomic E-state index is 0.0211. The normalized spacial score (nSPS) is 17.5. The molecule has 13 heteroatoms. The smallest absolute Gasteiger partial charge is 0.508 e. The zero-order valence-corrected chi connectivity index (χ0v) is 26.0. The number of hydrogen-bond donors (Lipinski definition) is 3. The van der Waals surface area contributed by atoms with Gasteiger partial charge in [0.15, 0.2) is 0 Å². The number of sulfonamides is 1. The van der Waals surface area contributed by atoms with Gasteiger partial charge >= 0.3 is 12.2 Å². The topological polar surface area (TPSA) is 152 Å². The summed E-state index contributed by atoms with van der Waals surface area (Å²) in [7, 11) is -1.38. The lowest BCUT2D eigenvalue weighted by Gasteiger charge is -2.27. The van der Waals surface area contributed by atoms with Gasteiger partial charge in [-0.1, -0.05) is 77.4 Å². The molecule has 1 fully saturated rings. The molecule has 1 aliphatic carbocycles. The van der Waals surface area contributed by atoms with Crippen LogP contribution in [-0.4, -0.2) is 62.3 Å². The number of nitrogens with one attached hydrogen (secondary N) is 2. The molecule has 1 saturated carbocycles. The van der Waals surface area contributed by atoms with E-state index in [2.05, 4.69) is 6.92 Å². The van der Waals surface area contributed by atoms with E-state index in [1.54, 1.807) is 24.3 Å². The first-order valence-electron chi connectivity index (χ1n) is 13.5. The lowest BCUT2D eigenvalue weighted by Crippen LogP contribution is -2.31. The number of allylic oxidation sites excluding steroid dienone is 2. The summed E-state index contributed by atoms with van der Waals surface area (Å²) in [4.78, 5) is 23.7. The van der Waals surface area contributed by atoms with Crippen molar-refractivity contribution in [3.05, 3.63) is 71.5 Å². The summed E-state index contributed by atoms with van der Waals surface area (Å²) in [6.07, 6.45) is 2.30. The van der Waals surface area contributed by atoms with Crippen LogP contribution in [-0.2, 0) is 24.2 Å². The third kappa shape index (κ3) is 10.3. The molecular weight excluding hydrogens is 601 g/mol. The molecule has 42 heavy (non-hydrogen) atoms. The van der Waals surface area contributed by atoms with E-state index in [1.807, 2.05) is 10.8 Å². The maximum Gasteiger partial charge on any atom is 0.508 e. The van der Waals surface area contributed by atoms with E-state index in [-0.39, 0.29) is 35.7 Å². The van der Waals surface area contributed by atoms with Gasteiger partial charge in [-0.3, -0.25) is 5.41 Å². The number of benzene rings is 2. The van der Waals surface area contributed by atoms with E-state index in [4.69, 9.17) is 19.6 Å². The maximum absolute atomic E-state index is 12.6. The zero-order chi connectivity index (χ0) is 30.5. The van der Waals surface area contributed by atoms with E-state index in [9.17, 15) is 23.1 Å². The van der Waals surface area contributed by atoms with Crippen LogP contribution in [0.5, 0.6) is 0 Å². The summed E-state index contributed by atoms with van der Waals surface area (Å²) in [6, 6.07) is 14.3. The Morgan fingerprint density at radius 2 is 1.57 bits per heavy atom. The predicted octanol–water partition coefficient (Wildman–Crippen LogP) is 6.57. The quantitative estimate of drug-likeness (QED) is 0.0723. The third-order valence-corrected chi connectivity index (χ3v) is 10.2. The monoisotopic (exact) mass is 636 g/mol. The van der Waals surface area contributed by atoms with Crippen molar-refractivity contribution in [2.45, 2.75) is 50.5 Å². The molecule has 0 saturated heterocycles. The van der Waals surface area contributed by atoms with Crippen LogP contribution >= 0.6 is 21.6 Å². The molecule has 0 aliphatic heterocycles. The number of hydrogen-bond acceptors (Lipinski definition) is 11. The fourth-order valence-electron chi connectivity index (χ4n) is 4.34. The number of ether oxygens (including phenoxy) is 3. The Kier molecular flexibility index (Phi) is 13.1. The number of carbonyl (C=O) groups excluding carboxylic acids is 2. The van der Waals surface area contributed by atoms with E-state index in [0.717, 1.165) is 25.7 Å². The molecule has 0 bridgehead atoms. The number of aliphatic hydroxyl groups excluding tert-OH is 1. The Morgan fingerprint density at radius 3 is 2.19 bits per heavy atom. The minimum atomic E-state index is -4.20. The van der Waals surface area contributed by atoms with Crippen LogP contribution in [0.2, 0.25) is 0 Å². The third-order valence-electron chi connectivity index (χ3n) is 6.50. The molecule has 1 aliphatic rings. The Morgan fingerprint density at radius 1 is 0.952 bits per heavy atom. The van der Waals surface area contributed by atoms with Crippen LogP contribution in [0.3, 0.4) is 0 Å². The predicted molar refractivity (Wildman–Crippen MR) is 165 cm³/mol. The second-order valence-corrected chi connectivity index (χ2v) is 14.0. The summed E-state index contributed by atoms with van der Waals surface area (Å²) in [5.41, 5.74) is 1.38. The average molecular weight is 637 g/mol. The second-order valence-electron chi connectivity index (χ2n) is 9.63. The highest BCUT2D eigenvalue weighted by molar-refractivity contribution is 8.76. The van der Waals surface area contributed by atoms with E-state index in [0.29, 0.717) is 34.1 Å². The van der Waals surface area contributed by atoms with Crippen molar-refractivity contribution in [2.75, 3.05) is 24.7 Å². The first kappa shape index (κ1) is 33.3. The Hall–Kier alpha value is -3.16. The molecule has 0 radical (unpaired) electrons. The van der Waals surface area contributed by atoms with Crippen molar-refractivity contribution in [1.82, 2.24) is 4.72 Å². The summed E-state index contributed by atoms with van der Waals surface area (Å²) in [5, 5.41) is 18.7. The molecule has 228 valence electrons. The van der Waals surface area contributed by atoms with E-state index < -0.39 is 22.3 Å². The average Bonchev–Trinajstić information content (AvgIpc) is 2.96. The molecule has 0 unspecified atom stereocenters. The van der Waals surface area contributed by atoms with Crippen molar-refractivity contribution in [2.24, 2.45) is 5.92 Å². The first-order chi connectivity index (χ1) is 20.1. The van der Waals surface area contributed by atoms with Gasteiger partial charge in [-0.25, -0.2) is 22.7 Å². The maximum atomic E-state index is 12.6. The molecule has 1 amide bonds. The molecule has 0 aromatic heterocycles. The molecule has 0 heterocycles. The molecule has 2 aromatic rings. The van der Waals surface area contributed by atoms with Gasteiger partial charge in [0.2, 0.25) is 0 Å². The van der Waals surface area contributed by atoms with Crippen LogP contribution in [0.4, 0.5) is 9.59 Å². The van der Waals surface area contributed by atoms with Gasteiger partial charge in [0.05, 0.1) is 16.4 Å². The van der Waals surface area contributed by atoms with Crippen molar-refractivity contribution in [3.8, 4) is 0 Å². The molecule has 0 spiro atoms. The van der Waals surface area contributed by atoms with Crippen molar-refractivity contribution in [1.29, 1.82) is 5.41 Å². The SMILES string of the molecule is C/C(O)=C(/C(=N)c1ccc(S(=O)(=O)NC(=O)OCCSSCCOC(=O)O[C@@H]2CCCC[C@@H]2C)cc1)c1ccccc1. The minimum Gasteiger partial charge on any atom is -0.512 e. The van der Waals surface area contributed by atoms with Crippen molar-refractivity contribution in [3.63, 3.8) is 0 Å². The van der Waals surface area contributed by atoms with Gasteiger partial charge in [-0.2, -0.15) is 0 Å². The van der Waals surface area contributed by atoms with Gasteiger partial charge in [-0.05, 0) is 49.8 Å². The van der Waals surface area contributed by atoms with Crippen LogP contribution in [0, 0.1) is 11.3 Å². The van der Waals surface area contributed by atoms with Gasteiger partial charge < -0.3 is 19.3 Å². The Bertz CT molecular complexity index is 1340. The van der Waals surface area contributed by atoms with Crippen molar-refractivity contribution < 1.29 is 37.3 Å². The summed E-state index contributed by atoms with van der Waals surface area (Å²) < 4.78 is 42.6. The first-order valence-corrected chi connectivity index (χ1v) is 17.5. The summed E-state index contributed by atoms with van der Waals surface area (Å²) in [6.45, 7) is 3.73. The highest BCUT2D eigenvalue weighted by Crippen LogP contribution is 2.27. The zero-order valence-electron chi connectivity index (χ0n) is 23.5. The standard InChI is InChI=1S/C29H36N2O8S3/c1-20-8-6-7-11-25(20)39-29(34)38-17-19-41-40-18-16-37-28(33)31-42(35,36)24-14-12-23(13-15-24)27(30)26(21(2)32)22-9-4-3-5-10-22/h3-5,9-10,12-15,20,25,30,32H,6-8,11,16-19H2,1-2H3,(H,31,33)/b26-21-,30-27?/t20-,25+/m0/s1. The molecular formula is C29H36N2O8S3. The lowest BCUT2D eigenvalue weighted by molar-refractivity contribution is -0.00600. The van der Waals surface area contributed by atoms with Gasteiger partial charge in [0.25, 0.3) is 10.0 Å². The fraction of sp³-hybridized carbons (Fsp3) is 0.414. The molecule has 3 rings (SSSR count). The van der Waals surface area contributed by atoms with Crippen LogP contribution in [0.15, 0.2) is 65.3 Å². The van der Waals surface area contributed by atoms with Gasteiger partial charge in [0, 0.05) is 22.6 Å². The summed E-state index contributed by atoms with van der Waals surface area (Å²) >= 11 is 0. The second kappa shape index (κ2) is 16.5. The lowest BCUT2D eigenvalue weighted by atomic mass is 9.88. The molecule has 2 atom stereocenters. The van der Waals surface area contributed by atoms with Crippen LogP contribution in [0.25, 0.3) is 5.57 Å². The van der Waals surface area contributed by atoms with Gasteiger partial charge in [-0.15, -0.1) is 0 Å². The molecule has 3 N–H and O–H groups in total. The number of carbonyl (C=O) groups is 2. The van der Waals surface area contributed by atoms with Gasteiger partial charge in [0.1, 0.15) is 19.3 Å². The Balaban J connectivity index is 1.35. The fourth-order valence-corrected chi connectivity index (χ4v) is 6.89. The van der Waals surface area contributed by atoms with Crippen LogP contribution in [0.1, 0.15) is 50.7 Å². The Labute approximate surface area is 254 Å². The van der Waals surface area contributed by atoms with E-state index in [1.165, 1.54) is 52.8 Å². The number of rotatable bonds is 13. The number of amides is 1. The summed E-state index contributed by atoms with van der Waals surface area (Å²) in [5.74, 6) is 1.23. The van der Waals surface area contributed by atoms with E-state index >= 15 is 0 Å². The van der Waals surface area contributed by atoms with Crippen molar-refractivity contribution >= 4 is 55.1 Å². The largest absolute Gasteiger partial charge is 0.512 e. The highest BCUT2D eigenvalue weighted by atomic mass is 33.1. The molecule has 2 aromatic carbocycles. The molecule has 10 nitrogen and oxygen atoms in total. The highest BCUT2D eigenvalue weighted by Gasteiger charge is 2.25. The number of aliphatic hydroxyl groups is 1.